The molecule has 5 rings (SSSR count). The van der Waals surface area contributed by atoms with Crippen LogP contribution in [0, 0.1) is 6.92 Å². The standard InChI is InChI=1S/C28H33N3O5/c1-3-35-28(33)24-17-25-23(20-5-4-6-21(15-20)30-10-13-34-14-11-30)7-9-31(25)27(19(24)2)26(32)16-22-18-29-8-12-36-22/h4-7,9,15,17,22,29H,3,8,10-14,16,18H2,1-2H3. The molecule has 0 amide bonds. The maximum absolute atomic E-state index is 13.6. The molecule has 2 aliphatic rings. The number of morpholine rings is 2. The second-order valence-corrected chi connectivity index (χ2v) is 9.21. The van der Waals surface area contributed by atoms with E-state index in [-0.39, 0.29) is 24.9 Å². The molecule has 1 aromatic carbocycles. The summed E-state index contributed by atoms with van der Waals surface area (Å²) in [5.41, 5.74) is 5.46. The number of aromatic nitrogens is 1. The van der Waals surface area contributed by atoms with Crippen LogP contribution in [0.4, 0.5) is 5.69 Å². The van der Waals surface area contributed by atoms with E-state index in [2.05, 4.69) is 28.4 Å². The van der Waals surface area contributed by atoms with E-state index in [1.54, 1.807) is 6.92 Å². The summed E-state index contributed by atoms with van der Waals surface area (Å²) in [4.78, 5) is 28.8. The summed E-state index contributed by atoms with van der Waals surface area (Å²) in [6.07, 6.45) is 1.98. The Morgan fingerprint density at radius 3 is 2.72 bits per heavy atom. The maximum Gasteiger partial charge on any atom is 0.338 e. The number of esters is 1. The number of pyridine rings is 1. The molecule has 4 heterocycles. The molecule has 0 aliphatic carbocycles. The smallest absolute Gasteiger partial charge is 0.338 e. The van der Waals surface area contributed by atoms with Crippen molar-refractivity contribution < 1.29 is 23.8 Å². The minimum absolute atomic E-state index is 0.0541. The van der Waals surface area contributed by atoms with Crippen LogP contribution in [0.15, 0.2) is 42.6 Å². The van der Waals surface area contributed by atoms with E-state index in [1.807, 2.05) is 35.7 Å². The van der Waals surface area contributed by atoms with Crippen LogP contribution in [-0.4, -0.2) is 74.9 Å². The van der Waals surface area contributed by atoms with Crippen molar-refractivity contribution in [3.63, 3.8) is 0 Å². The summed E-state index contributed by atoms with van der Waals surface area (Å²) in [5, 5.41) is 3.28. The monoisotopic (exact) mass is 491 g/mol. The zero-order chi connectivity index (χ0) is 25.1. The molecule has 0 spiro atoms. The van der Waals surface area contributed by atoms with E-state index >= 15 is 0 Å². The molecule has 8 heteroatoms. The highest BCUT2D eigenvalue weighted by molar-refractivity contribution is 6.03. The van der Waals surface area contributed by atoms with Crippen molar-refractivity contribution >= 4 is 23.0 Å². The van der Waals surface area contributed by atoms with Gasteiger partial charge in [0.15, 0.2) is 5.78 Å². The van der Waals surface area contributed by atoms with Gasteiger partial charge >= 0.3 is 5.97 Å². The van der Waals surface area contributed by atoms with E-state index < -0.39 is 5.97 Å². The average molecular weight is 492 g/mol. The molecule has 0 radical (unpaired) electrons. The Bertz CT molecular complexity index is 1260. The van der Waals surface area contributed by atoms with Gasteiger partial charge in [-0.25, -0.2) is 4.79 Å². The number of benzene rings is 1. The van der Waals surface area contributed by atoms with Crippen molar-refractivity contribution in [2.45, 2.75) is 26.4 Å². The third-order valence-electron chi connectivity index (χ3n) is 6.92. The summed E-state index contributed by atoms with van der Waals surface area (Å²) >= 11 is 0. The van der Waals surface area contributed by atoms with Crippen molar-refractivity contribution in [1.29, 1.82) is 0 Å². The number of hydrogen-bond donors (Lipinski definition) is 1. The molecular formula is C28H33N3O5. The SMILES string of the molecule is CCOC(=O)c1cc2c(-c3cccc(N4CCOCC4)c3)ccn2c(C(=O)CC2CNCCO2)c1C. The number of nitrogens with zero attached hydrogens (tertiary/aromatic N) is 2. The summed E-state index contributed by atoms with van der Waals surface area (Å²) in [6.45, 7) is 9.01. The Labute approximate surface area is 211 Å². The first-order chi connectivity index (χ1) is 17.6. The molecule has 1 atom stereocenters. The second kappa shape index (κ2) is 10.8. The number of anilines is 1. The van der Waals surface area contributed by atoms with Gasteiger partial charge in [0.25, 0.3) is 0 Å². The Kier molecular flexibility index (Phi) is 7.36. The number of carbonyl (C=O) groups excluding carboxylic acids is 2. The van der Waals surface area contributed by atoms with Gasteiger partial charge in [0.1, 0.15) is 0 Å². The second-order valence-electron chi connectivity index (χ2n) is 9.21. The van der Waals surface area contributed by atoms with E-state index in [0.717, 1.165) is 42.0 Å². The lowest BCUT2D eigenvalue weighted by Crippen LogP contribution is -2.39. The van der Waals surface area contributed by atoms with Gasteiger partial charge in [0, 0.05) is 50.0 Å². The van der Waals surface area contributed by atoms with Gasteiger partial charge in [-0.1, -0.05) is 12.1 Å². The number of hydrogen-bond acceptors (Lipinski definition) is 7. The molecule has 1 N–H and O–H groups in total. The largest absolute Gasteiger partial charge is 0.462 e. The lowest BCUT2D eigenvalue weighted by molar-refractivity contribution is 0.0238. The van der Waals surface area contributed by atoms with E-state index in [9.17, 15) is 9.59 Å². The van der Waals surface area contributed by atoms with Gasteiger partial charge in [-0.3, -0.25) is 4.79 Å². The lowest BCUT2D eigenvalue weighted by Gasteiger charge is -2.29. The predicted octanol–water partition coefficient (Wildman–Crippen LogP) is 3.49. The predicted molar refractivity (Wildman–Crippen MR) is 138 cm³/mol. The van der Waals surface area contributed by atoms with E-state index in [0.29, 0.717) is 43.2 Å². The number of ketones is 1. The van der Waals surface area contributed by atoms with Crippen LogP contribution in [0.2, 0.25) is 0 Å². The zero-order valence-corrected chi connectivity index (χ0v) is 20.9. The normalized spacial score (nSPS) is 18.4. The molecule has 0 bridgehead atoms. The minimum Gasteiger partial charge on any atom is -0.462 e. The fourth-order valence-electron chi connectivity index (χ4n) is 5.09. The van der Waals surface area contributed by atoms with Gasteiger partial charge in [-0.2, -0.15) is 0 Å². The van der Waals surface area contributed by atoms with Gasteiger partial charge in [-0.15, -0.1) is 0 Å². The van der Waals surface area contributed by atoms with Crippen molar-refractivity contribution in [1.82, 2.24) is 9.72 Å². The van der Waals surface area contributed by atoms with Crippen LogP contribution in [0.3, 0.4) is 0 Å². The van der Waals surface area contributed by atoms with Gasteiger partial charge < -0.3 is 28.8 Å². The van der Waals surface area contributed by atoms with Gasteiger partial charge in [0.05, 0.1) is 49.3 Å². The fourth-order valence-corrected chi connectivity index (χ4v) is 5.09. The summed E-state index contributed by atoms with van der Waals surface area (Å²) in [5.74, 6) is -0.474. The fraction of sp³-hybridized carbons (Fsp3) is 0.429. The van der Waals surface area contributed by atoms with Crippen molar-refractivity contribution in [3.05, 3.63) is 59.4 Å². The molecule has 8 nitrogen and oxygen atoms in total. The van der Waals surface area contributed by atoms with Crippen LogP contribution >= 0.6 is 0 Å². The van der Waals surface area contributed by atoms with Gasteiger partial charge in [-0.05, 0) is 49.2 Å². The Morgan fingerprint density at radius 2 is 1.97 bits per heavy atom. The van der Waals surface area contributed by atoms with Gasteiger partial charge in [0.2, 0.25) is 0 Å². The molecule has 2 fully saturated rings. The first-order valence-electron chi connectivity index (χ1n) is 12.7. The maximum atomic E-state index is 13.6. The molecule has 0 saturated carbocycles. The minimum atomic E-state index is -0.420. The number of carbonyl (C=O) groups is 2. The quantitative estimate of drug-likeness (QED) is 0.400. The van der Waals surface area contributed by atoms with Crippen molar-refractivity contribution in [2.75, 3.05) is 57.5 Å². The highest BCUT2D eigenvalue weighted by atomic mass is 16.5. The number of Topliss-reactive ketones (excluding diaryl/α,β-unsaturated/α-hetero) is 1. The van der Waals surface area contributed by atoms with Crippen LogP contribution < -0.4 is 10.2 Å². The number of rotatable bonds is 7. The third-order valence-corrected chi connectivity index (χ3v) is 6.92. The molecule has 2 saturated heterocycles. The summed E-state index contributed by atoms with van der Waals surface area (Å²) in [6, 6.07) is 12.2. The highest BCUT2D eigenvalue weighted by Crippen LogP contribution is 2.33. The molecular weight excluding hydrogens is 458 g/mol. The van der Waals surface area contributed by atoms with Crippen LogP contribution in [-0.2, 0) is 14.2 Å². The van der Waals surface area contributed by atoms with E-state index in [1.165, 1.54) is 0 Å². The molecule has 190 valence electrons. The molecule has 1 unspecified atom stereocenters. The van der Waals surface area contributed by atoms with Crippen LogP contribution in [0.1, 0.15) is 39.8 Å². The number of ether oxygens (including phenoxy) is 3. The molecule has 2 aliphatic heterocycles. The van der Waals surface area contributed by atoms with Crippen molar-refractivity contribution in [3.8, 4) is 11.1 Å². The Balaban J connectivity index is 1.59. The highest BCUT2D eigenvalue weighted by Gasteiger charge is 2.26. The van der Waals surface area contributed by atoms with Crippen LogP contribution in [0.5, 0.6) is 0 Å². The molecule has 3 aromatic rings. The van der Waals surface area contributed by atoms with Crippen LogP contribution in [0.25, 0.3) is 16.6 Å². The zero-order valence-electron chi connectivity index (χ0n) is 20.9. The Morgan fingerprint density at radius 1 is 1.14 bits per heavy atom. The lowest BCUT2D eigenvalue weighted by atomic mass is 9.99. The molecule has 2 aromatic heterocycles. The average Bonchev–Trinajstić information content (AvgIpc) is 3.33. The first-order valence-corrected chi connectivity index (χ1v) is 12.7. The summed E-state index contributed by atoms with van der Waals surface area (Å²) < 4.78 is 18.6. The first kappa shape index (κ1) is 24.5. The topological polar surface area (TPSA) is 81.5 Å². The summed E-state index contributed by atoms with van der Waals surface area (Å²) in [7, 11) is 0. The van der Waals surface area contributed by atoms with Crippen molar-refractivity contribution in [2.24, 2.45) is 0 Å². The molecule has 36 heavy (non-hydrogen) atoms. The number of nitrogens with one attached hydrogen (secondary N) is 1. The third kappa shape index (κ3) is 4.89. The van der Waals surface area contributed by atoms with E-state index in [4.69, 9.17) is 14.2 Å². The number of fused-ring (bicyclic) bond motifs is 1. The Hall–Kier alpha value is -3.20.